The Balaban J connectivity index is 1.94. The summed E-state index contributed by atoms with van der Waals surface area (Å²) in [4.78, 5) is 23.0. The van der Waals surface area contributed by atoms with E-state index >= 15 is 0 Å². The van der Waals surface area contributed by atoms with E-state index < -0.39 is 11.8 Å². The SMILES string of the molecule is CCCNC(=O)C(=O)N/N=C\c1ccccc1OCc1ccc(F)cc1. The Kier molecular flexibility index (Phi) is 7.30. The van der Waals surface area contributed by atoms with Crippen LogP contribution in [0.25, 0.3) is 0 Å². The average molecular weight is 357 g/mol. The Morgan fingerprint density at radius 3 is 2.58 bits per heavy atom. The van der Waals surface area contributed by atoms with Gasteiger partial charge in [-0.25, -0.2) is 9.82 Å². The summed E-state index contributed by atoms with van der Waals surface area (Å²) in [5, 5.41) is 6.24. The standard InChI is InChI=1S/C19H20FN3O3/c1-2-11-21-18(24)19(25)23-22-12-15-5-3-4-6-17(15)26-13-14-7-9-16(20)10-8-14/h3-10,12H,2,11,13H2,1H3,(H,21,24)(H,23,25)/b22-12-. The monoisotopic (exact) mass is 357 g/mol. The van der Waals surface area contributed by atoms with Crippen LogP contribution in [0.5, 0.6) is 5.75 Å². The van der Waals surface area contributed by atoms with Crippen molar-refractivity contribution in [3.05, 3.63) is 65.5 Å². The van der Waals surface area contributed by atoms with Gasteiger partial charge in [0, 0.05) is 12.1 Å². The van der Waals surface area contributed by atoms with Gasteiger partial charge in [-0.15, -0.1) is 0 Å². The van der Waals surface area contributed by atoms with Gasteiger partial charge in [0.05, 0.1) is 6.21 Å². The molecule has 0 unspecified atom stereocenters. The number of benzene rings is 2. The van der Waals surface area contributed by atoms with Crippen molar-refractivity contribution >= 4 is 18.0 Å². The van der Waals surface area contributed by atoms with Crippen LogP contribution in [0.1, 0.15) is 24.5 Å². The lowest BCUT2D eigenvalue weighted by atomic mass is 10.2. The molecule has 0 bridgehead atoms. The van der Waals surface area contributed by atoms with Gasteiger partial charge >= 0.3 is 11.8 Å². The van der Waals surface area contributed by atoms with Gasteiger partial charge in [-0.05, 0) is 36.2 Å². The molecule has 136 valence electrons. The molecule has 26 heavy (non-hydrogen) atoms. The summed E-state index contributed by atoms with van der Waals surface area (Å²) in [5.41, 5.74) is 3.62. The number of ether oxygens (including phenoxy) is 1. The minimum atomic E-state index is -0.834. The van der Waals surface area contributed by atoms with E-state index in [0.29, 0.717) is 17.9 Å². The van der Waals surface area contributed by atoms with Crippen molar-refractivity contribution in [3.63, 3.8) is 0 Å². The van der Waals surface area contributed by atoms with Crippen molar-refractivity contribution < 1.29 is 18.7 Å². The summed E-state index contributed by atoms with van der Waals surface area (Å²) < 4.78 is 18.6. The Labute approximate surface area is 151 Å². The smallest absolute Gasteiger partial charge is 0.329 e. The molecule has 0 atom stereocenters. The van der Waals surface area contributed by atoms with Crippen LogP contribution in [-0.2, 0) is 16.2 Å². The van der Waals surface area contributed by atoms with Crippen LogP contribution < -0.4 is 15.5 Å². The normalized spacial score (nSPS) is 10.5. The number of para-hydroxylation sites is 1. The summed E-state index contributed by atoms with van der Waals surface area (Å²) >= 11 is 0. The quantitative estimate of drug-likeness (QED) is 0.454. The first kappa shape index (κ1) is 19.1. The molecule has 2 N–H and O–H groups in total. The molecule has 0 aromatic heterocycles. The van der Waals surface area contributed by atoms with Crippen molar-refractivity contribution in [1.82, 2.24) is 10.7 Å². The molecule has 0 heterocycles. The molecule has 0 saturated carbocycles. The maximum absolute atomic E-state index is 12.9. The summed E-state index contributed by atoms with van der Waals surface area (Å²) in [5.74, 6) is -1.32. The number of carbonyl (C=O) groups excluding carboxylic acids is 2. The minimum Gasteiger partial charge on any atom is -0.488 e. The van der Waals surface area contributed by atoms with Gasteiger partial charge in [-0.3, -0.25) is 9.59 Å². The average Bonchev–Trinajstić information content (AvgIpc) is 2.66. The molecule has 2 amide bonds. The number of carbonyl (C=O) groups is 2. The van der Waals surface area contributed by atoms with Crippen LogP contribution in [0.3, 0.4) is 0 Å². The molecule has 2 aromatic rings. The predicted octanol–water partition coefficient (Wildman–Crippen LogP) is 2.38. The van der Waals surface area contributed by atoms with Crippen LogP contribution in [0.2, 0.25) is 0 Å². The molecule has 0 aliphatic carbocycles. The minimum absolute atomic E-state index is 0.261. The fraction of sp³-hybridized carbons (Fsp3) is 0.211. The highest BCUT2D eigenvalue weighted by Crippen LogP contribution is 2.17. The lowest BCUT2D eigenvalue weighted by molar-refractivity contribution is -0.139. The van der Waals surface area contributed by atoms with Crippen LogP contribution in [0.4, 0.5) is 4.39 Å². The van der Waals surface area contributed by atoms with Crippen molar-refractivity contribution in [3.8, 4) is 5.75 Å². The molecule has 0 spiro atoms. The fourth-order valence-corrected chi connectivity index (χ4v) is 1.99. The molecule has 2 aromatic carbocycles. The molecule has 7 heteroatoms. The van der Waals surface area contributed by atoms with Crippen LogP contribution in [0.15, 0.2) is 53.6 Å². The van der Waals surface area contributed by atoms with Gasteiger partial charge in [-0.2, -0.15) is 5.10 Å². The van der Waals surface area contributed by atoms with E-state index in [-0.39, 0.29) is 12.4 Å². The van der Waals surface area contributed by atoms with Crippen molar-refractivity contribution in [1.29, 1.82) is 0 Å². The first-order chi connectivity index (χ1) is 12.6. The van der Waals surface area contributed by atoms with Gasteiger partial charge in [0.25, 0.3) is 0 Å². The zero-order valence-corrected chi connectivity index (χ0v) is 14.4. The van der Waals surface area contributed by atoms with E-state index in [0.717, 1.165) is 12.0 Å². The van der Waals surface area contributed by atoms with E-state index in [9.17, 15) is 14.0 Å². The second-order valence-electron chi connectivity index (χ2n) is 5.41. The first-order valence-corrected chi connectivity index (χ1v) is 8.17. The topological polar surface area (TPSA) is 79.8 Å². The highest BCUT2D eigenvalue weighted by Gasteiger charge is 2.11. The van der Waals surface area contributed by atoms with Gasteiger partial charge in [0.1, 0.15) is 18.2 Å². The number of rotatable bonds is 7. The van der Waals surface area contributed by atoms with Gasteiger partial charge in [0.15, 0.2) is 0 Å². The van der Waals surface area contributed by atoms with E-state index in [1.807, 2.05) is 6.92 Å². The van der Waals surface area contributed by atoms with Gasteiger partial charge in [0.2, 0.25) is 0 Å². The third kappa shape index (κ3) is 6.01. The first-order valence-electron chi connectivity index (χ1n) is 8.17. The summed E-state index contributed by atoms with van der Waals surface area (Å²) in [7, 11) is 0. The number of halogens is 1. The van der Waals surface area contributed by atoms with Gasteiger partial charge in [-0.1, -0.05) is 31.2 Å². The number of amides is 2. The van der Waals surface area contributed by atoms with E-state index in [2.05, 4.69) is 15.8 Å². The summed E-state index contributed by atoms with van der Waals surface area (Å²) in [6, 6.07) is 13.1. The number of hydrogen-bond acceptors (Lipinski definition) is 4. The summed E-state index contributed by atoms with van der Waals surface area (Å²) in [6.45, 7) is 2.58. The fourth-order valence-electron chi connectivity index (χ4n) is 1.99. The highest BCUT2D eigenvalue weighted by molar-refractivity contribution is 6.35. The maximum Gasteiger partial charge on any atom is 0.329 e. The molecule has 2 rings (SSSR count). The zero-order valence-electron chi connectivity index (χ0n) is 14.4. The van der Waals surface area contributed by atoms with Crippen molar-refractivity contribution in [2.24, 2.45) is 5.10 Å². The predicted molar refractivity (Wildman–Crippen MR) is 96.2 cm³/mol. The van der Waals surface area contributed by atoms with E-state index in [4.69, 9.17) is 4.74 Å². The number of nitrogens with zero attached hydrogens (tertiary/aromatic N) is 1. The van der Waals surface area contributed by atoms with E-state index in [1.165, 1.54) is 18.3 Å². The Morgan fingerprint density at radius 2 is 1.85 bits per heavy atom. The van der Waals surface area contributed by atoms with Crippen molar-refractivity contribution in [2.75, 3.05) is 6.54 Å². The Hall–Kier alpha value is -3.22. The molecule has 6 nitrogen and oxygen atoms in total. The lowest BCUT2D eigenvalue weighted by Gasteiger charge is -2.09. The third-order valence-electron chi connectivity index (χ3n) is 3.34. The molecule has 0 fully saturated rings. The molecule has 0 radical (unpaired) electrons. The molecule has 0 aliphatic rings. The van der Waals surface area contributed by atoms with Crippen LogP contribution in [-0.4, -0.2) is 24.6 Å². The number of nitrogens with one attached hydrogen (secondary N) is 2. The molecular formula is C19H20FN3O3. The largest absolute Gasteiger partial charge is 0.488 e. The molecule has 0 saturated heterocycles. The molecular weight excluding hydrogens is 337 g/mol. The van der Waals surface area contributed by atoms with Crippen molar-refractivity contribution in [2.45, 2.75) is 20.0 Å². The Bertz CT molecular complexity index is 776. The zero-order chi connectivity index (χ0) is 18.8. The van der Waals surface area contributed by atoms with Crippen LogP contribution in [0, 0.1) is 5.82 Å². The lowest BCUT2D eigenvalue weighted by Crippen LogP contribution is -2.38. The maximum atomic E-state index is 12.9. The summed E-state index contributed by atoms with van der Waals surface area (Å²) in [6.07, 6.45) is 2.13. The highest BCUT2D eigenvalue weighted by atomic mass is 19.1. The molecule has 0 aliphatic heterocycles. The second-order valence-corrected chi connectivity index (χ2v) is 5.41. The third-order valence-corrected chi connectivity index (χ3v) is 3.34. The number of hydrogen-bond donors (Lipinski definition) is 2. The second kappa shape index (κ2) is 9.93. The van der Waals surface area contributed by atoms with Crippen LogP contribution >= 0.6 is 0 Å². The number of hydrazone groups is 1. The van der Waals surface area contributed by atoms with E-state index in [1.54, 1.807) is 36.4 Å². The van der Waals surface area contributed by atoms with Gasteiger partial charge < -0.3 is 10.1 Å². The Morgan fingerprint density at radius 1 is 1.12 bits per heavy atom.